The topological polar surface area (TPSA) is 215 Å². The summed E-state index contributed by atoms with van der Waals surface area (Å²) in [5.41, 5.74) is -6.41. The van der Waals surface area contributed by atoms with Gasteiger partial charge in [0.1, 0.15) is 30.0 Å². The fourth-order valence-electron chi connectivity index (χ4n) is 9.58. The number of benzene rings is 2. The minimum absolute atomic E-state index is 0.0498. The lowest BCUT2D eigenvalue weighted by molar-refractivity contribution is -0.346. The Morgan fingerprint density at radius 3 is 2.12 bits per heavy atom. The van der Waals surface area contributed by atoms with Crippen LogP contribution in [0.15, 0.2) is 83.5 Å². The van der Waals surface area contributed by atoms with Crippen molar-refractivity contribution in [2.45, 2.75) is 115 Å². The highest BCUT2D eigenvalue weighted by Gasteiger charge is 2.78. The van der Waals surface area contributed by atoms with E-state index >= 15 is 0 Å². The molecule has 1 saturated heterocycles. The number of nitrogens with one attached hydrogen (secondary N) is 1. The second-order valence-corrected chi connectivity index (χ2v) is 16.7. The summed E-state index contributed by atoms with van der Waals surface area (Å²) in [6.45, 7) is 10.3. The summed E-state index contributed by atoms with van der Waals surface area (Å²) in [7, 11) is 0. The Hall–Kier alpha value is -4.73. The van der Waals surface area contributed by atoms with E-state index in [2.05, 4.69) is 5.32 Å². The predicted octanol–water partition coefficient (Wildman–Crippen LogP) is 2.82. The summed E-state index contributed by atoms with van der Waals surface area (Å²) in [5, 5.41) is 51.6. The molecule has 3 fully saturated rings. The zero-order valence-electron chi connectivity index (χ0n) is 33.1. The van der Waals surface area contributed by atoms with Crippen LogP contribution in [0.3, 0.4) is 0 Å². The fraction of sp³-hybridized carbons (Fsp3) is 0.512. The normalized spacial score (nSPS) is 33.7. The lowest BCUT2D eigenvalue weighted by Crippen LogP contribution is -2.81. The van der Waals surface area contributed by atoms with Crippen molar-refractivity contribution < 1.29 is 63.3 Å². The molecule has 2 aromatic rings. The van der Waals surface area contributed by atoms with Crippen molar-refractivity contribution in [2.75, 3.05) is 6.61 Å². The number of fused-ring (bicyclic) bond motifs is 5. The maximum absolute atomic E-state index is 14.9. The quantitative estimate of drug-likeness (QED) is 0.107. The zero-order chi connectivity index (χ0) is 41.8. The van der Waals surface area contributed by atoms with Crippen LogP contribution in [-0.2, 0) is 38.1 Å². The number of esters is 3. The third-order valence-corrected chi connectivity index (χ3v) is 12.6. The summed E-state index contributed by atoms with van der Waals surface area (Å²) in [5.74, 6) is -5.87. The molecular weight excluding hydrogens is 738 g/mol. The summed E-state index contributed by atoms with van der Waals surface area (Å²) in [4.78, 5) is 68.8. The molecule has 2 aromatic carbocycles. The number of aliphatic hydroxyl groups is 4. The molecule has 1 heterocycles. The number of hydrogen-bond donors (Lipinski definition) is 5. The van der Waals surface area contributed by atoms with Crippen molar-refractivity contribution in [1.82, 2.24) is 5.32 Å². The van der Waals surface area contributed by atoms with Gasteiger partial charge >= 0.3 is 17.9 Å². The molecule has 57 heavy (non-hydrogen) atoms. The molecular formula is C43H51NO13. The number of amides is 1. The van der Waals surface area contributed by atoms with Crippen LogP contribution in [0, 0.1) is 16.7 Å². The van der Waals surface area contributed by atoms with E-state index in [1.54, 1.807) is 76.2 Å². The highest BCUT2D eigenvalue weighted by atomic mass is 16.6. The molecule has 0 unspecified atom stereocenters. The molecule has 2 saturated carbocycles. The van der Waals surface area contributed by atoms with Gasteiger partial charge in [0.05, 0.1) is 35.6 Å². The average Bonchev–Trinajstić information content (AvgIpc) is 3.15. The van der Waals surface area contributed by atoms with Crippen LogP contribution in [0.25, 0.3) is 0 Å². The van der Waals surface area contributed by atoms with Crippen LogP contribution in [0.5, 0.6) is 0 Å². The second-order valence-electron chi connectivity index (χ2n) is 16.7. The van der Waals surface area contributed by atoms with E-state index in [1.165, 1.54) is 32.1 Å². The monoisotopic (exact) mass is 789 g/mol. The van der Waals surface area contributed by atoms with Crippen molar-refractivity contribution >= 4 is 29.6 Å². The lowest BCUT2D eigenvalue weighted by atomic mass is 9.44. The number of hydrogen-bond acceptors (Lipinski definition) is 13. The fourth-order valence-corrected chi connectivity index (χ4v) is 9.58. The van der Waals surface area contributed by atoms with Crippen LogP contribution in [0.1, 0.15) is 83.3 Å². The molecule has 5 N–H and O–H groups in total. The first kappa shape index (κ1) is 41.9. The Labute approximate surface area is 330 Å². The molecule has 4 aliphatic rings. The van der Waals surface area contributed by atoms with Crippen LogP contribution in [0.4, 0.5) is 0 Å². The number of allylic oxidation sites excluding steroid dienone is 1. The van der Waals surface area contributed by atoms with E-state index in [4.69, 9.17) is 18.9 Å². The van der Waals surface area contributed by atoms with Gasteiger partial charge in [-0.1, -0.05) is 68.0 Å². The zero-order valence-corrected chi connectivity index (χ0v) is 33.1. The molecule has 11 atom stereocenters. The Morgan fingerprint density at radius 2 is 1.56 bits per heavy atom. The standard InChI is InChI=1S/C43H51NO13/c1-22(2)18-30(47)44-32(25-14-10-8-11-15-25)34(49)39(52)55-27-20-43(53)37(56-38(51)26-16-12-9-13-17-26)35-41(7,36(50)33(48)31(23(27)3)40(43,5)6)28(46)19-29-42(35,21-54-29)57-24(4)45/h8-18,27-29,32-35,37,46,48-49,53H,19-21H2,1-7H3,(H,44,47)/t27-,28-,29+,32-,33+,34+,35-,37-,41+,42-,43+/m0/s1. The summed E-state index contributed by atoms with van der Waals surface area (Å²) in [6, 6.07) is 14.9. The van der Waals surface area contributed by atoms with Gasteiger partial charge in [-0.25, -0.2) is 9.59 Å². The maximum atomic E-state index is 14.9. The number of carbonyl (C=O) groups excluding carboxylic acids is 5. The molecule has 306 valence electrons. The van der Waals surface area contributed by atoms with Gasteiger partial charge in [-0.3, -0.25) is 14.4 Å². The van der Waals surface area contributed by atoms with Gasteiger partial charge in [-0.2, -0.15) is 0 Å². The predicted molar refractivity (Wildman–Crippen MR) is 202 cm³/mol. The highest BCUT2D eigenvalue weighted by molar-refractivity contribution is 5.94. The third kappa shape index (κ3) is 6.90. The Bertz CT molecular complexity index is 1990. The number of Topliss-reactive ketones (excluding diaryl/α,β-unsaturated/α-hetero) is 1. The van der Waals surface area contributed by atoms with Gasteiger partial charge in [-0.05, 0) is 56.5 Å². The van der Waals surface area contributed by atoms with E-state index in [0.29, 0.717) is 11.1 Å². The van der Waals surface area contributed by atoms with E-state index in [-0.39, 0.29) is 29.7 Å². The minimum Gasteiger partial charge on any atom is -0.456 e. The van der Waals surface area contributed by atoms with Crippen LogP contribution in [0.2, 0.25) is 0 Å². The van der Waals surface area contributed by atoms with Gasteiger partial charge in [0.15, 0.2) is 17.5 Å². The van der Waals surface area contributed by atoms with Crippen molar-refractivity contribution in [1.29, 1.82) is 0 Å². The van der Waals surface area contributed by atoms with Crippen molar-refractivity contribution in [3.63, 3.8) is 0 Å². The van der Waals surface area contributed by atoms with E-state index in [0.717, 1.165) is 6.92 Å². The lowest BCUT2D eigenvalue weighted by Gasteiger charge is -2.67. The van der Waals surface area contributed by atoms with Crippen molar-refractivity contribution in [3.8, 4) is 0 Å². The van der Waals surface area contributed by atoms with Crippen molar-refractivity contribution in [3.05, 3.63) is 94.6 Å². The Kier molecular flexibility index (Phi) is 11.2. The van der Waals surface area contributed by atoms with E-state index in [1.807, 2.05) is 0 Å². The number of ether oxygens (including phenoxy) is 4. The summed E-state index contributed by atoms with van der Waals surface area (Å²) in [6.07, 6.45) is -9.09. The van der Waals surface area contributed by atoms with E-state index in [9.17, 15) is 44.4 Å². The van der Waals surface area contributed by atoms with Gasteiger partial charge in [0.2, 0.25) is 5.91 Å². The largest absolute Gasteiger partial charge is 0.456 e. The molecule has 0 spiro atoms. The molecule has 14 heteroatoms. The SMILES string of the molecule is CC(=O)O[C@@]12CO[C@@H]1C[C@H](O)[C@@]1(C)C(=O)[C@H](O)C3=C(C)[C@@H](OC(=O)[C@H](O)[C@@H](NC(=O)C=C(C)C)c4ccccc4)C[C@@](O)([C@@H](OC(=O)c4ccccc4)[C@H]21)C3(C)C. The second kappa shape index (κ2) is 15.2. The summed E-state index contributed by atoms with van der Waals surface area (Å²) < 4.78 is 24.1. The van der Waals surface area contributed by atoms with E-state index < -0.39 is 107 Å². The molecule has 0 radical (unpaired) electrons. The van der Waals surface area contributed by atoms with Crippen molar-refractivity contribution in [2.24, 2.45) is 16.7 Å². The molecule has 3 aliphatic carbocycles. The number of aliphatic hydroxyl groups excluding tert-OH is 3. The molecule has 1 amide bonds. The Balaban J connectivity index is 1.50. The number of ketones is 1. The molecule has 2 bridgehead atoms. The first-order chi connectivity index (χ1) is 26.7. The van der Waals surface area contributed by atoms with Gasteiger partial charge in [-0.15, -0.1) is 0 Å². The Morgan fingerprint density at radius 1 is 0.947 bits per heavy atom. The van der Waals surface area contributed by atoms with Crippen LogP contribution < -0.4 is 5.32 Å². The summed E-state index contributed by atoms with van der Waals surface area (Å²) >= 11 is 0. The van der Waals surface area contributed by atoms with Gasteiger partial charge in [0, 0.05) is 31.3 Å². The highest BCUT2D eigenvalue weighted by Crippen LogP contribution is 2.64. The molecule has 1 aliphatic heterocycles. The van der Waals surface area contributed by atoms with Crippen LogP contribution in [-0.4, -0.2) is 104 Å². The minimum atomic E-state index is -2.34. The van der Waals surface area contributed by atoms with Gasteiger partial charge in [0.25, 0.3) is 0 Å². The molecule has 0 aromatic heterocycles. The maximum Gasteiger partial charge on any atom is 0.338 e. The van der Waals surface area contributed by atoms with Gasteiger partial charge < -0.3 is 44.7 Å². The first-order valence-corrected chi connectivity index (χ1v) is 19.0. The van der Waals surface area contributed by atoms with Crippen LogP contribution >= 0.6 is 0 Å². The molecule has 6 rings (SSSR count). The average molecular weight is 790 g/mol. The number of rotatable bonds is 9. The smallest absolute Gasteiger partial charge is 0.338 e. The molecule has 14 nitrogen and oxygen atoms in total. The number of carbonyl (C=O) groups is 5. The first-order valence-electron chi connectivity index (χ1n) is 19.0. The third-order valence-electron chi connectivity index (χ3n) is 12.6.